The lowest BCUT2D eigenvalue weighted by Gasteiger charge is -2.32. The van der Waals surface area contributed by atoms with Crippen molar-refractivity contribution in [2.45, 2.75) is 31.8 Å². The largest absolute Gasteiger partial charge is 0.493 e. The third-order valence-corrected chi connectivity index (χ3v) is 3.73. The van der Waals surface area contributed by atoms with Gasteiger partial charge in [0.2, 0.25) is 0 Å². The van der Waals surface area contributed by atoms with Gasteiger partial charge in [-0.1, -0.05) is 12.5 Å². The molecule has 0 radical (unpaired) electrons. The second-order valence-electron chi connectivity index (χ2n) is 5.01. The van der Waals surface area contributed by atoms with E-state index in [1.807, 2.05) is 23.1 Å². The highest BCUT2D eigenvalue weighted by Crippen LogP contribution is 2.29. The molecule has 0 aromatic heterocycles. The first kappa shape index (κ1) is 14.7. The van der Waals surface area contributed by atoms with Gasteiger partial charge in [0.05, 0.1) is 14.2 Å². The van der Waals surface area contributed by atoms with Crippen molar-refractivity contribution in [2.75, 3.05) is 20.8 Å². The molecule has 0 amide bonds. The number of carbonyl (C=O) groups is 1. The number of carboxylic acid groups (broad SMARTS) is 1. The Balaban J connectivity index is 2.13. The van der Waals surface area contributed by atoms with Gasteiger partial charge >= 0.3 is 5.97 Å². The maximum atomic E-state index is 11.3. The number of aliphatic carboxylic acids is 1. The summed E-state index contributed by atoms with van der Waals surface area (Å²) in [5.74, 6) is 0.628. The Morgan fingerprint density at radius 3 is 2.70 bits per heavy atom. The zero-order valence-electron chi connectivity index (χ0n) is 12.0. The lowest BCUT2D eigenvalue weighted by molar-refractivity contribution is -0.144. The maximum absolute atomic E-state index is 11.3. The lowest BCUT2D eigenvalue weighted by atomic mass is 10.0. The van der Waals surface area contributed by atoms with Crippen molar-refractivity contribution in [1.82, 2.24) is 4.90 Å². The molecule has 0 saturated carbocycles. The van der Waals surface area contributed by atoms with Crippen molar-refractivity contribution in [1.29, 1.82) is 0 Å². The molecule has 1 aliphatic heterocycles. The monoisotopic (exact) mass is 279 g/mol. The molecule has 0 aliphatic carbocycles. The molecule has 20 heavy (non-hydrogen) atoms. The fourth-order valence-corrected chi connectivity index (χ4v) is 2.67. The topological polar surface area (TPSA) is 59.0 Å². The summed E-state index contributed by atoms with van der Waals surface area (Å²) in [5.41, 5.74) is 1.04. The Morgan fingerprint density at radius 2 is 2.05 bits per heavy atom. The molecule has 0 spiro atoms. The Morgan fingerprint density at radius 1 is 1.30 bits per heavy atom. The summed E-state index contributed by atoms with van der Waals surface area (Å²) in [6.07, 6.45) is 2.76. The van der Waals surface area contributed by atoms with Gasteiger partial charge in [0.25, 0.3) is 0 Å². The van der Waals surface area contributed by atoms with Crippen LogP contribution in [0.2, 0.25) is 0 Å². The van der Waals surface area contributed by atoms with E-state index < -0.39 is 5.97 Å². The first-order chi connectivity index (χ1) is 9.65. The number of nitrogens with zero attached hydrogens (tertiary/aromatic N) is 1. The van der Waals surface area contributed by atoms with Crippen molar-refractivity contribution in [3.8, 4) is 11.5 Å². The van der Waals surface area contributed by atoms with Crippen LogP contribution in [0.15, 0.2) is 18.2 Å². The predicted octanol–water partition coefficient (Wildman–Crippen LogP) is 2.14. The van der Waals surface area contributed by atoms with Crippen LogP contribution in [0.1, 0.15) is 24.8 Å². The molecule has 0 bridgehead atoms. The molecule has 1 saturated heterocycles. The smallest absolute Gasteiger partial charge is 0.320 e. The lowest BCUT2D eigenvalue weighted by Crippen LogP contribution is -2.43. The molecule has 2 rings (SSSR count). The first-order valence-corrected chi connectivity index (χ1v) is 6.83. The molecule has 1 N–H and O–H groups in total. The van der Waals surface area contributed by atoms with E-state index in [-0.39, 0.29) is 6.04 Å². The second-order valence-corrected chi connectivity index (χ2v) is 5.01. The van der Waals surface area contributed by atoms with Gasteiger partial charge < -0.3 is 14.6 Å². The average molecular weight is 279 g/mol. The van der Waals surface area contributed by atoms with Crippen LogP contribution < -0.4 is 9.47 Å². The van der Waals surface area contributed by atoms with Gasteiger partial charge in [-0.25, -0.2) is 0 Å². The number of ether oxygens (including phenoxy) is 2. The van der Waals surface area contributed by atoms with Crippen molar-refractivity contribution in [3.05, 3.63) is 23.8 Å². The van der Waals surface area contributed by atoms with E-state index in [4.69, 9.17) is 9.47 Å². The van der Waals surface area contributed by atoms with E-state index in [2.05, 4.69) is 0 Å². The van der Waals surface area contributed by atoms with Crippen LogP contribution in [0.3, 0.4) is 0 Å². The average Bonchev–Trinajstić information content (AvgIpc) is 2.47. The minimum Gasteiger partial charge on any atom is -0.493 e. The van der Waals surface area contributed by atoms with Crippen LogP contribution in [-0.2, 0) is 11.3 Å². The van der Waals surface area contributed by atoms with Crippen LogP contribution in [-0.4, -0.2) is 42.8 Å². The van der Waals surface area contributed by atoms with Gasteiger partial charge in [-0.2, -0.15) is 0 Å². The van der Waals surface area contributed by atoms with Crippen LogP contribution in [0.5, 0.6) is 11.5 Å². The van der Waals surface area contributed by atoms with Crippen molar-refractivity contribution in [3.63, 3.8) is 0 Å². The van der Waals surface area contributed by atoms with Crippen molar-refractivity contribution in [2.24, 2.45) is 0 Å². The highest BCUT2D eigenvalue weighted by molar-refractivity contribution is 5.73. The number of rotatable bonds is 5. The number of carboxylic acids is 1. The molecule has 1 aromatic carbocycles. The van der Waals surface area contributed by atoms with E-state index in [0.29, 0.717) is 18.0 Å². The zero-order valence-corrected chi connectivity index (χ0v) is 12.0. The Hall–Kier alpha value is -1.75. The van der Waals surface area contributed by atoms with E-state index >= 15 is 0 Å². The molecule has 110 valence electrons. The number of benzene rings is 1. The van der Waals surface area contributed by atoms with E-state index in [1.165, 1.54) is 0 Å². The highest BCUT2D eigenvalue weighted by atomic mass is 16.5. The summed E-state index contributed by atoms with van der Waals surface area (Å²) >= 11 is 0. The first-order valence-electron chi connectivity index (χ1n) is 6.83. The molecule has 1 heterocycles. The summed E-state index contributed by atoms with van der Waals surface area (Å²) < 4.78 is 10.5. The minimum absolute atomic E-state index is 0.378. The van der Waals surface area contributed by atoms with Gasteiger partial charge in [-0.15, -0.1) is 0 Å². The fourth-order valence-electron chi connectivity index (χ4n) is 2.67. The molecule has 1 fully saturated rings. The summed E-state index contributed by atoms with van der Waals surface area (Å²) in [5, 5.41) is 9.28. The minimum atomic E-state index is -0.731. The Kier molecular flexibility index (Phi) is 4.84. The Labute approximate surface area is 119 Å². The molecule has 5 nitrogen and oxygen atoms in total. The molecular formula is C15H21NO4. The Bertz CT molecular complexity index is 475. The fraction of sp³-hybridized carbons (Fsp3) is 0.533. The number of methoxy groups -OCH3 is 2. The quantitative estimate of drug-likeness (QED) is 0.895. The summed E-state index contributed by atoms with van der Waals surface area (Å²) in [7, 11) is 3.20. The third-order valence-electron chi connectivity index (χ3n) is 3.73. The van der Waals surface area contributed by atoms with Gasteiger partial charge in [-0.05, 0) is 37.1 Å². The molecular weight excluding hydrogens is 258 g/mol. The van der Waals surface area contributed by atoms with Crippen LogP contribution in [0, 0.1) is 0 Å². The van der Waals surface area contributed by atoms with Gasteiger partial charge in [-0.3, -0.25) is 9.69 Å². The number of hydrogen-bond donors (Lipinski definition) is 1. The molecule has 5 heteroatoms. The van der Waals surface area contributed by atoms with Crippen LogP contribution in [0.4, 0.5) is 0 Å². The highest BCUT2D eigenvalue weighted by Gasteiger charge is 2.28. The SMILES string of the molecule is COc1ccc(CN2CCCCC2C(=O)O)cc1OC. The van der Waals surface area contributed by atoms with Crippen molar-refractivity contribution < 1.29 is 19.4 Å². The van der Waals surface area contributed by atoms with E-state index in [0.717, 1.165) is 31.4 Å². The number of likely N-dealkylation sites (tertiary alicyclic amines) is 1. The number of hydrogen-bond acceptors (Lipinski definition) is 4. The summed E-state index contributed by atoms with van der Waals surface area (Å²) in [4.78, 5) is 13.3. The van der Waals surface area contributed by atoms with Crippen LogP contribution >= 0.6 is 0 Å². The molecule has 1 unspecified atom stereocenters. The van der Waals surface area contributed by atoms with E-state index in [9.17, 15) is 9.90 Å². The molecule has 1 aromatic rings. The maximum Gasteiger partial charge on any atom is 0.320 e. The van der Waals surface area contributed by atoms with Gasteiger partial charge in [0, 0.05) is 6.54 Å². The molecule has 1 atom stereocenters. The number of piperidine rings is 1. The summed E-state index contributed by atoms with van der Waals surface area (Å²) in [6, 6.07) is 5.34. The third kappa shape index (κ3) is 3.22. The zero-order chi connectivity index (χ0) is 14.5. The van der Waals surface area contributed by atoms with E-state index in [1.54, 1.807) is 14.2 Å². The summed E-state index contributed by atoms with van der Waals surface area (Å²) in [6.45, 7) is 1.45. The van der Waals surface area contributed by atoms with Gasteiger partial charge in [0.15, 0.2) is 11.5 Å². The van der Waals surface area contributed by atoms with Crippen molar-refractivity contribution >= 4 is 5.97 Å². The standard InChI is InChI=1S/C15H21NO4/c1-19-13-7-6-11(9-14(13)20-2)10-16-8-4-3-5-12(16)15(17)18/h6-7,9,12H,3-5,8,10H2,1-2H3,(H,17,18). The second kappa shape index (κ2) is 6.61. The normalized spacial score (nSPS) is 19.6. The van der Waals surface area contributed by atoms with Crippen LogP contribution in [0.25, 0.3) is 0 Å². The molecule has 1 aliphatic rings. The van der Waals surface area contributed by atoms with Gasteiger partial charge in [0.1, 0.15) is 6.04 Å². The predicted molar refractivity (Wildman–Crippen MR) is 75.2 cm³/mol.